The van der Waals surface area contributed by atoms with Crippen molar-refractivity contribution in [2.45, 2.75) is 58.0 Å². The number of fused-ring (bicyclic) bond motifs is 6. The number of amides is 2. The van der Waals surface area contributed by atoms with E-state index in [0.717, 1.165) is 74.1 Å². The van der Waals surface area contributed by atoms with E-state index in [0.29, 0.717) is 35.5 Å². The number of aromatic nitrogens is 2. The lowest BCUT2D eigenvalue weighted by Gasteiger charge is -2.02. The number of rotatable bonds is 10. The van der Waals surface area contributed by atoms with Gasteiger partial charge in [-0.3, -0.25) is 9.59 Å². The fourth-order valence-corrected chi connectivity index (χ4v) is 8.03. The van der Waals surface area contributed by atoms with Crippen LogP contribution in [0.25, 0.3) is 42.0 Å². The maximum absolute atomic E-state index is 12.8. The van der Waals surface area contributed by atoms with Gasteiger partial charge in [-0.1, -0.05) is 114 Å². The second-order valence-corrected chi connectivity index (χ2v) is 12.9. The number of terminal acetylenes is 2. The third kappa shape index (κ3) is 6.54. The van der Waals surface area contributed by atoms with Crippen LogP contribution in [0.4, 0.5) is 0 Å². The van der Waals surface area contributed by atoms with Crippen molar-refractivity contribution in [3.8, 4) is 24.7 Å². The van der Waals surface area contributed by atoms with Crippen LogP contribution in [-0.2, 0) is 22.7 Å². The second-order valence-electron chi connectivity index (χ2n) is 10.9. The average molecular weight is 629 g/mol. The van der Waals surface area contributed by atoms with E-state index in [1.165, 1.54) is 22.7 Å². The van der Waals surface area contributed by atoms with E-state index >= 15 is 0 Å². The normalized spacial score (nSPS) is 12.3. The average Bonchev–Trinajstić information content (AvgIpc) is 3.58. The minimum Gasteiger partial charge on any atom is -0.305 e. The summed E-state index contributed by atoms with van der Waals surface area (Å²) in [6, 6.07) is 24.6. The zero-order valence-corrected chi connectivity index (χ0v) is 26.5. The zero-order chi connectivity index (χ0) is 31.2. The van der Waals surface area contributed by atoms with E-state index in [4.69, 9.17) is 12.8 Å². The molecule has 6 nitrogen and oxygen atoms in total. The van der Waals surface area contributed by atoms with Crippen molar-refractivity contribution in [1.29, 1.82) is 0 Å². The standard InChI is InChI=1S/C37H32N4O2S2/c1-3-24-40-30-22-20-26-14-10-12-16-28(26)34(30)44-36(40)38-32(42)18-8-6-5-7-9-19-33(43)39-37-41(25-4-2)31-23-21-27-15-11-13-17-29(27)35(31)45-37/h1-2,10-17,20-23H,5-9,18-19,24-25H2. The molecule has 0 unspecified atom stereocenters. The number of thiazole rings is 2. The first-order chi connectivity index (χ1) is 22.1. The molecular weight excluding hydrogens is 597 g/mol. The number of hydrogen-bond acceptors (Lipinski definition) is 4. The van der Waals surface area contributed by atoms with Crippen molar-refractivity contribution in [3.05, 3.63) is 82.4 Å². The Kier molecular flexibility index (Phi) is 9.35. The van der Waals surface area contributed by atoms with Crippen LogP contribution in [0.2, 0.25) is 0 Å². The monoisotopic (exact) mass is 628 g/mol. The molecule has 2 aromatic heterocycles. The van der Waals surface area contributed by atoms with Crippen LogP contribution < -0.4 is 9.60 Å². The van der Waals surface area contributed by atoms with Gasteiger partial charge in [0.25, 0.3) is 0 Å². The maximum atomic E-state index is 12.8. The summed E-state index contributed by atoms with van der Waals surface area (Å²) < 4.78 is 6.06. The summed E-state index contributed by atoms with van der Waals surface area (Å²) in [5, 5.41) is 4.56. The highest BCUT2D eigenvalue weighted by Gasteiger charge is 2.12. The molecule has 6 rings (SSSR count). The molecule has 2 heterocycles. The van der Waals surface area contributed by atoms with Crippen molar-refractivity contribution in [2.24, 2.45) is 9.98 Å². The predicted molar refractivity (Wildman–Crippen MR) is 186 cm³/mol. The van der Waals surface area contributed by atoms with Crippen molar-refractivity contribution in [1.82, 2.24) is 9.13 Å². The molecule has 0 spiro atoms. The Labute approximate surface area is 269 Å². The lowest BCUT2D eigenvalue weighted by atomic mass is 10.1. The van der Waals surface area contributed by atoms with Gasteiger partial charge in [-0.2, -0.15) is 9.98 Å². The Morgan fingerprint density at radius 2 is 1.02 bits per heavy atom. The highest BCUT2D eigenvalue weighted by atomic mass is 32.1. The molecule has 0 aliphatic heterocycles. The number of benzene rings is 4. The predicted octanol–water partition coefficient (Wildman–Crippen LogP) is 7.58. The Bertz CT molecular complexity index is 2120. The first-order valence-corrected chi connectivity index (χ1v) is 16.7. The van der Waals surface area contributed by atoms with Crippen molar-refractivity contribution >= 4 is 76.5 Å². The first-order valence-electron chi connectivity index (χ1n) is 15.1. The molecule has 0 saturated carbocycles. The largest absolute Gasteiger partial charge is 0.305 e. The summed E-state index contributed by atoms with van der Waals surface area (Å²) >= 11 is 3.02. The van der Waals surface area contributed by atoms with Gasteiger partial charge in [0.1, 0.15) is 0 Å². The van der Waals surface area contributed by atoms with E-state index < -0.39 is 0 Å². The number of carbonyl (C=O) groups is 2. The molecule has 0 radical (unpaired) electrons. The third-order valence-electron chi connectivity index (χ3n) is 7.87. The summed E-state index contributed by atoms with van der Waals surface area (Å²) in [6.45, 7) is 0.721. The molecule has 0 atom stereocenters. The van der Waals surface area contributed by atoms with Gasteiger partial charge in [0, 0.05) is 23.6 Å². The smallest absolute Gasteiger partial charge is 0.248 e. The molecule has 6 aromatic rings. The highest BCUT2D eigenvalue weighted by molar-refractivity contribution is 7.17. The second kappa shape index (κ2) is 13.9. The molecule has 0 bridgehead atoms. The molecule has 0 N–H and O–H groups in total. The Morgan fingerprint density at radius 3 is 1.47 bits per heavy atom. The summed E-state index contributed by atoms with van der Waals surface area (Å²) in [6.07, 6.45) is 16.3. The molecule has 45 heavy (non-hydrogen) atoms. The Morgan fingerprint density at radius 1 is 0.600 bits per heavy atom. The van der Waals surface area contributed by atoms with E-state index in [9.17, 15) is 9.59 Å². The van der Waals surface area contributed by atoms with Crippen LogP contribution in [0.3, 0.4) is 0 Å². The molecule has 0 aliphatic rings. The fourth-order valence-electron chi connectivity index (χ4n) is 5.66. The van der Waals surface area contributed by atoms with E-state index in [-0.39, 0.29) is 11.8 Å². The molecule has 0 saturated heterocycles. The molecule has 4 aromatic carbocycles. The minimum absolute atomic E-state index is 0.137. The highest BCUT2D eigenvalue weighted by Crippen LogP contribution is 2.29. The Hall–Kier alpha value is -4.76. The van der Waals surface area contributed by atoms with Crippen LogP contribution in [0.5, 0.6) is 0 Å². The van der Waals surface area contributed by atoms with E-state index in [2.05, 4.69) is 58.2 Å². The van der Waals surface area contributed by atoms with Crippen molar-refractivity contribution in [2.75, 3.05) is 0 Å². The molecule has 0 fully saturated rings. The van der Waals surface area contributed by atoms with E-state index in [1.807, 2.05) is 45.5 Å². The first kappa shape index (κ1) is 30.3. The number of carbonyl (C=O) groups excluding carboxylic acids is 2. The molecule has 2 amide bonds. The quantitative estimate of drug-likeness (QED) is 0.116. The van der Waals surface area contributed by atoms with Gasteiger partial charge in [0.2, 0.25) is 11.8 Å². The van der Waals surface area contributed by atoms with Gasteiger partial charge in [-0.25, -0.2) is 0 Å². The molecular formula is C37H32N4O2S2. The SMILES string of the molecule is C#CCn1c(=NC(=O)CCCCCCCC(=O)N=c2sc3c4ccccc4ccc3n2CC#C)sc2c3ccccc3ccc21. The summed E-state index contributed by atoms with van der Waals surface area (Å²) in [5.41, 5.74) is 1.99. The molecule has 224 valence electrons. The number of nitrogens with zero attached hydrogens (tertiary/aromatic N) is 4. The van der Waals surface area contributed by atoms with Gasteiger partial charge < -0.3 is 9.13 Å². The number of unbranched alkanes of at least 4 members (excludes halogenated alkanes) is 4. The Balaban J connectivity index is 1.03. The fraction of sp³-hybridized carbons (Fsp3) is 0.243. The third-order valence-corrected chi connectivity index (χ3v) is 10.1. The topological polar surface area (TPSA) is 68.7 Å². The lowest BCUT2D eigenvalue weighted by Crippen LogP contribution is -2.16. The van der Waals surface area contributed by atoms with Crippen LogP contribution in [-0.4, -0.2) is 20.9 Å². The van der Waals surface area contributed by atoms with Crippen LogP contribution in [0, 0.1) is 24.7 Å². The number of hydrogen-bond donors (Lipinski definition) is 0. The summed E-state index contributed by atoms with van der Waals surface area (Å²) in [4.78, 5) is 35.7. The maximum Gasteiger partial charge on any atom is 0.248 e. The van der Waals surface area contributed by atoms with Crippen LogP contribution in [0.1, 0.15) is 44.9 Å². The molecule has 8 heteroatoms. The summed E-state index contributed by atoms with van der Waals surface area (Å²) in [7, 11) is 0. The van der Waals surface area contributed by atoms with Gasteiger partial charge >= 0.3 is 0 Å². The van der Waals surface area contributed by atoms with Crippen LogP contribution in [0.15, 0.2) is 82.8 Å². The van der Waals surface area contributed by atoms with Gasteiger partial charge in [0.05, 0.1) is 33.5 Å². The minimum atomic E-state index is -0.137. The van der Waals surface area contributed by atoms with Crippen molar-refractivity contribution in [3.63, 3.8) is 0 Å². The molecule has 0 aliphatic carbocycles. The van der Waals surface area contributed by atoms with Crippen molar-refractivity contribution < 1.29 is 9.59 Å². The van der Waals surface area contributed by atoms with Gasteiger partial charge in [-0.15, -0.1) is 12.8 Å². The van der Waals surface area contributed by atoms with Crippen LogP contribution >= 0.6 is 22.7 Å². The van der Waals surface area contributed by atoms with Gasteiger partial charge in [-0.05, 0) is 35.7 Å². The van der Waals surface area contributed by atoms with E-state index in [1.54, 1.807) is 0 Å². The van der Waals surface area contributed by atoms with Gasteiger partial charge in [0.15, 0.2) is 9.60 Å². The lowest BCUT2D eigenvalue weighted by molar-refractivity contribution is -0.118. The zero-order valence-electron chi connectivity index (χ0n) is 24.9. The summed E-state index contributed by atoms with van der Waals surface area (Å²) in [5.74, 6) is 5.12.